The highest BCUT2D eigenvalue weighted by molar-refractivity contribution is 9.10. The lowest BCUT2D eigenvalue weighted by Crippen LogP contribution is -2.49. The van der Waals surface area contributed by atoms with Crippen LogP contribution < -0.4 is 5.32 Å². The van der Waals surface area contributed by atoms with E-state index in [9.17, 15) is 4.39 Å². The molecule has 1 heterocycles. The molecule has 1 aliphatic carbocycles. The van der Waals surface area contributed by atoms with Gasteiger partial charge in [0.15, 0.2) is 0 Å². The summed E-state index contributed by atoms with van der Waals surface area (Å²) >= 11 is 3.49. The van der Waals surface area contributed by atoms with Crippen LogP contribution in [0.3, 0.4) is 0 Å². The van der Waals surface area contributed by atoms with Crippen molar-refractivity contribution in [2.24, 2.45) is 0 Å². The maximum atomic E-state index is 13.2. The Balaban J connectivity index is 1.72. The SMILES string of the molecule is Fc1ccc(CN2CCCNC3(CCCC3)C2)c(Br)c1. The highest BCUT2D eigenvalue weighted by Gasteiger charge is 2.36. The van der Waals surface area contributed by atoms with Crippen LogP contribution in [0.25, 0.3) is 0 Å². The third-order valence-electron chi connectivity index (χ3n) is 4.65. The molecule has 0 aromatic heterocycles. The van der Waals surface area contributed by atoms with Crippen LogP contribution in [0.4, 0.5) is 4.39 Å². The van der Waals surface area contributed by atoms with E-state index in [4.69, 9.17) is 0 Å². The van der Waals surface area contributed by atoms with Crippen molar-refractivity contribution in [1.82, 2.24) is 10.2 Å². The molecule has 1 spiro atoms. The van der Waals surface area contributed by atoms with Gasteiger partial charge in [-0.05, 0) is 50.0 Å². The summed E-state index contributed by atoms with van der Waals surface area (Å²) in [6.07, 6.45) is 6.49. The maximum Gasteiger partial charge on any atom is 0.124 e. The molecule has 1 saturated carbocycles. The van der Waals surface area contributed by atoms with E-state index >= 15 is 0 Å². The van der Waals surface area contributed by atoms with Gasteiger partial charge in [0.05, 0.1) is 0 Å². The smallest absolute Gasteiger partial charge is 0.124 e. The van der Waals surface area contributed by atoms with Gasteiger partial charge in [0.25, 0.3) is 0 Å². The molecule has 3 rings (SSSR count). The van der Waals surface area contributed by atoms with Gasteiger partial charge in [-0.3, -0.25) is 4.90 Å². The first-order valence-corrected chi connectivity index (χ1v) is 8.38. The first kappa shape index (κ1) is 14.5. The van der Waals surface area contributed by atoms with Gasteiger partial charge < -0.3 is 5.32 Å². The van der Waals surface area contributed by atoms with Crippen LogP contribution in [0.2, 0.25) is 0 Å². The summed E-state index contributed by atoms with van der Waals surface area (Å²) in [5.41, 5.74) is 1.52. The zero-order valence-electron chi connectivity index (χ0n) is 11.8. The van der Waals surface area contributed by atoms with Gasteiger partial charge in [0.1, 0.15) is 5.82 Å². The van der Waals surface area contributed by atoms with E-state index in [0.29, 0.717) is 5.54 Å². The Labute approximate surface area is 128 Å². The van der Waals surface area contributed by atoms with Gasteiger partial charge >= 0.3 is 0 Å². The van der Waals surface area contributed by atoms with E-state index in [1.165, 1.54) is 37.7 Å². The zero-order valence-corrected chi connectivity index (χ0v) is 13.4. The quantitative estimate of drug-likeness (QED) is 0.883. The summed E-state index contributed by atoms with van der Waals surface area (Å²) in [4.78, 5) is 2.53. The number of hydrogen-bond acceptors (Lipinski definition) is 2. The lowest BCUT2D eigenvalue weighted by atomic mass is 9.97. The Hall–Kier alpha value is -0.450. The summed E-state index contributed by atoms with van der Waals surface area (Å²) in [6, 6.07) is 5.03. The van der Waals surface area contributed by atoms with Crippen molar-refractivity contribution in [3.63, 3.8) is 0 Å². The van der Waals surface area contributed by atoms with E-state index in [-0.39, 0.29) is 5.82 Å². The van der Waals surface area contributed by atoms with Gasteiger partial charge in [0.2, 0.25) is 0 Å². The summed E-state index contributed by atoms with van der Waals surface area (Å²) < 4.78 is 14.1. The maximum absolute atomic E-state index is 13.2. The number of hydrogen-bond donors (Lipinski definition) is 1. The van der Waals surface area contributed by atoms with Crippen molar-refractivity contribution in [3.8, 4) is 0 Å². The second kappa shape index (κ2) is 6.12. The van der Waals surface area contributed by atoms with Crippen LogP contribution in [0.5, 0.6) is 0 Å². The summed E-state index contributed by atoms with van der Waals surface area (Å²) in [5.74, 6) is -0.176. The molecular formula is C16H22BrFN2. The molecule has 2 aliphatic rings. The largest absolute Gasteiger partial charge is 0.310 e. The number of rotatable bonds is 2. The molecule has 2 nitrogen and oxygen atoms in total. The van der Waals surface area contributed by atoms with E-state index in [1.54, 1.807) is 12.1 Å². The molecular weight excluding hydrogens is 319 g/mol. The van der Waals surface area contributed by atoms with Crippen LogP contribution in [0.1, 0.15) is 37.7 Å². The molecule has 20 heavy (non-hydrogen) atoms. The fourth-order valence-corrected chi connectivity index (χ4v) is 4.11. The molecule has 0 amide bonds. The van der Waals surface area contributed by atoms with Crippen molar-refractivity contribution >= 4 is 15.9 Å². The van der Waals surface area contributed by atoms with Crippen molar-refractivity contribution < 1.29 is 4.39 Å². The van der Waals surface area contributed by atoms with Crippen molar-refractivity contribution in [2.75, 3.05) is 19.6 Å². The van der Waals surface area contributed by atoms with Gasteiger partial charge in [-0.15, -0.1) is 0 Å². The molecule has 1 aromatic rings. The molecule has 1 aliphatic heterocycles. The standard InChI is InChI=1S/C16H22BrFN2/c17-15-10-14(18)5-4-13(15)11-20-9-3-8-19-16(12-20)6-1-2-7-16/h4-5,10,19H,1-3,6-9,11-12H2. The molecule has 1 saturated heterocycles. The first-order valence-electron chi connectivity index (χ1n) is 7.58. The van der Waals surface area contributed by atoms with Crippen LogP contribution in [0, 0.1) is 5.82 Å². The molecule has 2 fully saturated rings. The predicted molar refractivity (Wildman–Crippen MR) is 83.2 cm³/mol. The lowest BCUT2D eigenvalue weighted by Gasteiger charge is -2.33. The van der Waals surface area contributed by atoms with Crippen molar-refractivity contribution in [3.05, 3.63) is 34.1 Å². The molecule has 0 radical (unpaired) electrons. The fourth-order valence-electron chi connectivity index (χ4n) is 3.63. The van der Waals surface area contributed by atoms with Crippen molar-refractivity contribution in [2.45, 2.75) is 44.2 Å². The number of nitrogens with one attached hydrogen (secondary N) is 1. The molecule has 0 unspecified atom stereocenters. The minimum absolute atomic E-state index is 0.176. The Morgan fingerprint density at radius 1 is 1.25 bits per heavy atom. The van der Waals surface area contributed by atoms with Gasteiger partial charge in [-0.2, -0.15) is 0 Å². The van der Waals surface area contributed by atoms with E-state index in [2.05, 4.69) is 26.1 Å². The first-order chi connectivity index (χ1) is 9.67. The topological polar surface area (TPSA) is 15.3 Å². The highest BCUT2D eigenvalue weighted by atomic mass is 79.9. The minimum Gasteiger partial charge on any atom is -0.310 e. The predicted octanol–water partition coefficient (Wildman–Crippen LogP) is 3.70. The molecule has 0 atom stereocenters. The highest BCUT2D eigenvalue weighted by Crippen LogP contribution is 2.32. The van der Waals surface area contributed by atoms with E-state index in [0.717, 1.165) is 30.7 Å². The van der Waals surface area contributed by atoms with Gasteiger partial charge in [-0.1, -0.05) is 34.8 Å². The monoisotopic (exact) mass is 340 g/mol. The van der Waals surface area contributed by atoms with Crippen molar-refractivity contribution in [1.29, 1.82) is 0 Å². The molecule has 1 aromatic carbocycles. The third kappa shape index (κ3) is 3.23. The van der Waals surface area contributed by atoms with E-state index < -0.39 is 0 Å². The van der Waals surface area contributed by atoms with Crippen LogP contribution in [-0.2, 0) is 6.54 Å². The summed E-state index contributed by atoms with van der Waals surface area (Å²) in [5, 5.41) is 3.78. The number of benzene rings is 1. The average Bonchev–Trinajstić information content (AvgIpc) is 2.76. The Bertz CT molecular complexity index is 472. The molecule has 110 valence electrons. The van der Waals surface area contributed by atoms with Gasteiger partial charge in [0, 0.05) is 23.1 Å². The summed E-state index contributed by atoms with van der Waals surface area (Å²) in [7, 11) is 0. The fraction of sp³-hybridized carbons (Fsp3) is 0.625. The average molecular weight is 341 g/mol. The third-order valence-corrected chi connectivity index (χ3v) is 5.39. The van der Waals surface area contributed by atoms with Gasteiger partial charge in [-0.25, -0.2) is 4.39 Å². The summed E-state index contributed by atoms with van der Waals surface area (Å²) in [6.45, 7) is 4.28. The lowest BCUT2D eigenvalue weighted by molar-refractivity contribution is 0.203. The zero-order chi connectivity index (χ0) is 14.0. The molecule has 4 heteroatoms. The van der Waals surface area contributed by atoms with Crippen LogP contribution in [0.15, 0.2) is 22.7 Å². The Kier molecular flexibility index (Phi) is 4.43. The second-order valence-corrected chi connectivity index (χ2v) is 7.07. The number of nitrogens with zero attached hydrogens (tertiary/aromatic N) is 1. The number of halogens is 2. The van der Waals surface area contributed by atoms with E-state index in [1.807, 2.05) is 6.07 Å². The minimum atomic E-state index is -0.176. The van der Waals surface area contributed by atoms with Crippen LogP contribution in [-0.4, -0.2) is 30.1 Å². The second-order valence-electron chi connectivity index (χ2n) is 6.21. The Morgan fingerprint density at radius 2 is 2.05 bits per heavy atom. The normalized spacial score (nSPS) is 23.1. The molecule has 0 bridgehead atoms. The Morgan fingerprint density at radius 3 is 2.80 bits per heavy atom. The van der Waals surface area contributed by atoms with Crippen LogP contribution >= 0.6 is 15.9 Å². The molecule has 1 N–H and O–H groups in total.